The summed E-state index contributed by atoms with van der Waals surface area (Å²) in [5.74, 6) is 0. The number of nitro groups is 1. The summed E-state index contributed by atoms with van der Waals surface area (Å²) >= 11 is 1.14. The second-order valence-corrected chi connectivity index (χ2v) is 5.17. The molecule has 100 valence electrons. The van der Waals surface area contributed by atoms with Gasteiger partial charge in [-0.2, -0.15) is 0 Å². The van der Waals surface area contributed by atoms with E-state index in [9.17, 15) is 10.1 Å². The van der Waals surface area contributed by atoms with Gasteiger partial charge >= 0.3 is 5.00 Å². The average Bonchev–Trinajstić information content (AvgIpc) is 2.94. The SMILES string of the molecule is O=[N+]([O-])c1cc(CNc2cccc3ncccc23)cs1. The van der Waals surface area contributed by atoms with Gasteiger partial charge in [0.2, 0.25) is 0 Å². The number of pyridine rings is 1. The lowest BCUT2D eigenvalue weighted by molar-refractivity contribution is -0.380. The molecule has 2 aromatic heterocycles. The Morgan fingerprint density at radius 2 is 2.20 bits per heavy atom. The first-order valence-corrected chi connectivity index (χ1v) is 6.91. The number of thiophene rings is 1. The van der Waals surface area contributed by atoms with E-state index in [0.29, 0.717) is 6.54 Å². The lowest BCUT2D eigenvalue weighted by Crippen LogP contribution is -1.99. The van der Waals surface area contributed by atoms with Crippen LogP contribution in [-0.4, -0.2) is 9.91 Å². The van der Waals surface area contributed by atoms with Crippen molar-refractivity contribution in [2.24, 2.45) is 0 Å². The maximum absolute atomic E-state index is 10.7. The van der Waals surface area contributed by atoms with Crippen molar-refractivity contribution in [1.29, 1.82) is 0 Å². The van der Waals surface area contributed by atoms with Crippen molar-refractivity contribution in [2.45, 2.75) is 6.54 Å². The highest BCUT2D eigenvalue weighted by Gasteiger charge is 2.09. The molecule has 0 aliphatic rings. The van der Waals surface area contributed by atoms with Gasteiger partial charge in [-0.3, -0.25) is 15.1 Å². The first-order valence-electron chi connectivity index (χ1n) is 6.03. The molecule has 0 amide bonds. The van der Waals surface area contributed by atoms with E-state index in [4.69, 9.17) is 0 Å². The Hall–Kier alpha value is -2.47. The Morgan fingerprint density at radius 1 is 1.30 bits per heavy atom. The fraction of sp³-hybridized carbons (Fsp3) is 0.0714. The van der Waals surface area contributed by atoms with E-state index in [1.54, 1.807) is 17.6 Å². The van der Waals surface area contributed by atoms with Gasteiger partial charge in [0, 0.05) is 35.3 Å². The summed E-state index contributed by atoms with van der Waals surface area (Å²) < 4.78 is 0. The molecule has 5 nitrogen and oxygen atoms in total. The van der Waals surface area contributed by atoms with E-state index < -0.39 is 0 Å². The van der Waals surface area contributed by atoms with E-state index in [2.05, 4.69) is 10.3 Å². The second kappa shape index (κ2) is 5.26. The van der Waals surface area contributed by atoms with Crippen LogP contribution in [0.5, 0.6) is 0 Å². The normalized spacial score (nSPS) is 10.6. The van der Waals surface area contributed by atoms with Crippen molar-refractivity contribution in [3.63, 3.8) is 0 Å². The molecule has 3 aromatic rings. The Morgan fingerprint density at radius 3 is 3.00 bits per heavy atom. The molecule has 2 heterocycles. The third-order valence-electron chi connectivity index (χ3n) is 2.95. The minimum absolute atomic E-state index is 0.168. The van der Waals surface area contributed by atoms with Crippen LogP contribution in [0.25, 0.3) is 10.9 Å². The molecule has 0 saturated carbocycles. The molecule has 1 N–H and O–H groups in total. The molecule has 0 radical (unpaired) electrons. The van der Waals surface area contributed by atoms with Crippen LogP contribution in [0.4, 0.5) is 10.7 Å². The number of hydrogen-bond acceptors (Lipinski definition) is 5. The minimum Gasteiger partial charge on any atom is -0.380 e. The van der Waals surface area contributed by atoms with Gasteiger partial charge in [0.25, 0.3) is 0 Å². The third-order valence-corrected chi connectivity index (χ3v) is 3.88. The zero-order valence-corrected chi connectivity index (χ0v) is 11.3. The second-order valence-electron chi connectivity index (χ2n) is 4.28. The predicted molar refractivity (Wildman–Crippen MR) is 80.0 cm³/mol. The Balaban J connectivity index is 1.81. The van der Waals surface area contributed by atoms with Crippen molar-refractivity contribution < 1.29 is 4.92 Å². The van der Waals surface area contributed by atoms with Crippen molar-refractivity contribution >= 4 is 32.9 Å². The summed E-state index contributed by atoms with van der Waals surface area (Å²) in [6, 6.07) is 11.4. The summed E-state index contributed by atoms with van der Waals surface area (Å²) in [7, 11) is 0. The van der Waals surface area contributed by atoms with Crippen LogP contribution in [0.2, 0.25) is 0 Å². The Kier molecular flexibility index (Phi) is 3.30. The van der Waals surface area contributed by atoms with Crippen LogP contribution in [0, 0.1) is 10.1 Å². The number of hydrogen-bond donors (Lipinski definition) is 1. The molecule has 0 spiro atoms. The van der Waals surface area contributed by atoms with Crippen LogP contribution < -0.4 is 5.32 Å². The van der Waals surface area contributed by atoms with Crippen molar-refractivity contribution in [1.82, 2.24) is 4.98 Å². The third kappa shape index (κ3) is 2.46. The molecular weight excluding hydrogens is 274 g/mol. The summed E-state index contributed by atoms with van der Waals surface area (Å²) in [5.41, 5.74) is 2.81. The highest BCUT2D eigenvalue weighted by atomic mass is 32.1. The first kappa shape index (κ1) is 12.6. The number of benzene rings is 1. The smallest absolute Gasteiger partial charge is 0.324 e. The van der Waals surface area contributed by atoms with E-state index >= 15 is 0 Å². The molecule has 0 atom stereocenters. The fourth-order valence-electron chi connectivity index (χ4n) is 2.01. The highest BCUT2D eigenvalue weighted by Crippen LogP contribution is 2.25. The fourth-order valence-corrected chi connectivity index (χ4v) is 2.73. The number of anilines is 1. The van der Waals surface area contributed by atoms with Gasteiger partial charge in [-0.25, -0.2) is 0 Å². The van der Waals surface area contributed by atoms with E-state index in [1.165, 1.54) is 0 Å². The molecule has 0 aliphatic heterocycles. The average molecular weight is 285 g/mol. The number of rotatable bonds is 4. The monoisotopic (exact) mass is 285 g/mol. The number of fused-ring (bicyclic) bond motifs is 1. The summed E-state index contributed by atoms with van der Waals surface area (Å²) in [5, 5.41) is 17.0. The van der Waals surface area contributed by atoms with Gasteiger partial charge in [-0.15, -0.1) is 0 Å². The largest absolute Gasteiger partial charge is 0.380 e. The standard InChI is InChI=1S/C14H11N3O2S/c18-17(19)14-7-10(9-20-14)8-16-13-5-1-4-12-11(13)3-2-6-15-12/h1-7,9,16H,8H2. The molecule has 6 heteroatoms. The minimum atomic E-state index is -0.365. The molecule has 3 rings (SSSR count). The van der Waals surface area contributed by atoms with E-state index in [1.807, 2.05) is 30.3 Å². The maximum atomic E-state index is 10.7. The van der Waals surface area contributed by atoms with E-state index in [0.717, 1.165) is 33.5 Å². The van der Waals surface area contributed by atoms with Crippen LogP contribution >= 0.6 is 11.3 Å². The zero-order valence-electron chi connectivity index (χ0n) is 10.4. The van der Waals surface area contributed by atoms with Crippen LogP contribution in [0.1, 0.15) is 5.56 Å². The van der Waals surface area contributed by atoms with Crippen LogP contribution in [0.15, 0.2) is 48.0 Å². The molecule has 0 bridgehead atoms. The first-order chi connectivity index (χ1) is 9.74. The molecule has 20 heavy (non-hydrogen) atoms. The summed E-state index contributed by atoms with van der Waals surface area (Å²) in [6.45, 7) is 0.554. The topological polar surface area (TPSA) is 68.1 Å². The van der Waals surface area contributed by atoms with Crippen molar-refractivity contribution in [2.75, 3.05) is 5.32 Å². The van der Waals surface area contributed by atoms with Gasteiger partial charge in [0.1, 0.15) is 0 Å². The van der Waals surface area contributed by atoms with Gasteiger partial charge in [0.15, 0.2) is 0 Å². The zero-order chi connectivity index (χ0) is 13.9. The lowest BCUT2D eigenvalue weighted by Gasteiger charge is -2.08. The Bertz CT molecular complexity index is 764. The maximum Gasteiger partial charge on any atom is 0.324 e. The number of aromatic nitrogens is 1. The van der Waals surface area contributed by atoms with Gasteiger partial charge in [-0.05, 0) is 29.8 Å². The van der Waals surface area contributed by atoms with Crippen LogP contribution in [-0.2, 0) is 6.54 Å². The lowest BCUT2D eigenvalue weighted by atomic mass is 10.2. The van der Waals surface area contributed by atoms with Gasteiger partial charge in [-0.1, -0.05) is 17.4 Å². The molecule has 0 unspecified atom stereocenters. The molecule has 0 fully saturated rings. The Labute approximate surface area is 119 Å². The van der Waals surface area contributed by atoms with Gasteiger partial charge in [0.05, 0.1) is 10.4 Å². The number of nitrogens with zero attached hydrogens (tertiary/aromatic N) is 2. The molecule has 1 aromatic carbocycles. The molecule has 0 aliphatic carbocycles. The molecule has 0 saturated heterocycles. The quantitative estimate of drug-likeness (QED) is 0.584. The van der Waals surface area contributed by atoms with E-state index in [-0.39, 0.29) is 9.92 Å². The van der Waals surface area contributed by atoms with Crippen molar-refractivity contribution in [3.8, 4) is 0 Å². The van der Waals surface area contributed by atoms with Crippen molar-refractivity contribution in [3.05, 3.63) is 63.7 Å². The molecular formula is C14H11N3O2S. The summed E-state index contributed by atoms with van der Waals surface area (Å²) in [4.78, 5) is 14.6. The van der Waals surface area contributed by atoms with Crippen LogP contribution in [0.3, 0.4) is 0 Å². The number of nitrogens with one attached hydrogen (secondary N) is 1. The highest BCUT2D eigenvalue weighted by molar-refractivity contribution is 7.13. The predicted octanol–water partition coefficient (Wildman–Crippen LogP) is 3.82. The van der Waals surface area contributed by atoms with Gasteiger partial charge < -0.3 is 5.32 Å². The summed E-state index contributed by atoms with van der Waals surface area (Å²) in [6.07, 6.45) is 1.76.